The summed E-state index contributed by atoms with van der Waals surface area (Å²) in [6.45, 7) is 2.83. The van der Waals surface area contributed by atoms with Gasteiger partial charge in [0.05, 0.1) is 0 Å². The number of benzene rings is 2. The van der Waals surface area contributed by atoms with Gasteiger partial charge in [0.25, 0.3) is 0 Å². The molecule has 0 heterocycles. The Kier molecular flexibility index (Phi) is 4.00. The Balaban J connectivity index is 2.23. The van der Waals surface area contributed by atoms with Gasteiger partial charge in [-0.25, -0.2) is 0 Å². The predicted octanol–water partition coefficient (Wildman–Crippen LogP) is 3.26. The van der Waals surface area contributed by atoms with E-state index in [1.54, 1.807) is 0 Å². The van der Waals surface area contributed by atoms with E-state index in [-0.39, 0.29) is 0 Å². The van der Waals surface area contributed by atoms with E-state index in [1.165, 1.54) is 22.5 Å². The molecule has 2 nitrogen and oxygen atoms in total. The summed E-state index contributed by atoms with van der Waals surface area (Å²) in [5, 5.41) is 0. The zero-order chi connectivity index (χ0) is 13.0. The van der Waals surface area contributed by atoms with Gasteiger partial charge in [-0.05, 0) is 49.2 Å². The SMILES string of the molecule is Cc1ccccc1N(C)c1ccc(CCN)cc1. The molecule has 0 atom stereocenters. The molecule has 0 unspecified atom stereocenters. The molecule has 0 aliphatic heterocycles. The van der Waals surface area contributed by atoms with Crippen LogP contribution in [0.25, 0.3) is 0 Å². The molecule has 0 radical (unpaired) electrons. The maximum Gasteiger partial charge on any atom is 0.0437 e. The molecule has 0 bridgehead atoms. The molecule has 0 saturated heterocycles. The van der Waals surface area contributed by atoms with Crippen LogP contribution in [0.4, 0.5) is 11.4 Å². The van der Waals surface area contributed by atoms with Crippen molar-refractivity contribution in [1.29, 1.82) is 0 Å². The lowest BCUT2D eigenvalue weighted by Gasteiger charge is -2.21. The normalized spacial score (nSPS) is 10.4. The standard InChI is InChI=1S/C16H20N2/c1-13-5-3-4-6-16(13)18(2)15-9-7-14(8-10-15)11-12-17/h3-10H,11-12,17H2,1-2H3. The zero-order valence-electron chi connectivity index (χ0n) is 11.1. The molecule has 0 fully saturated rings. The third kappa shape index (κ3) is 2.71. The van der Waals surface area contributed by atoms with Crippen LogP contribution in [0.1, 0.15) is 11.1 Å². The Bertz CT molecular complexity index is 503. The Labute approximate surface area is 109 Å². The first-order valence-corrected chi connectivity index (χ1v) is 6.30. The molecule has 0 amide bonds. The van der Waals surface area contributed by atoms with Crippen molar-refractivity contribution in [2.75, 3.05) is 18.5 Å². The van der Waals surface area contributed by atoms with Crippen molar-refractivity contribution >= 4 is 11.4 Å². The molecule has 2 aromatic rings. The van der Waals surface area contributed by atoms with E-state index in [0.29, 0.717) is 6.54 Å². The molecule has 0 aliphatic rings. The molecule has 18 heavy (non-hydrogen) atoms. The number of rotatable bonds is 4. The summed E-state index contributed by atoms with van der Waals surface area (Å²) < 4.78 is 0. The van der Waals surface area contributed by atoms with Crippen molar-refractivity contribution < 1.29 is 0 Å². The lowest BCUT2D eigenvalue weighted by Crippen LogP contribution is -2.11. The Morgan fingerprint density at radius 1 is 1.00 bits per heavy atom. The molecule has 2 N–H and O–H groups in total. The van der Waals surface area contributed by atoms with Gasteiger partial charge < -0.3 is 10.6 Å². The van der Waals surface area contributed by atoms with Crippen LogP contribution in [0, 0.1) is 6.92 Å². The summed E-state index contributed by atoms with van der Waals surface area (Å²) in [5.41, 5.74) is 10.6. The maximum atomic E-state index is 5.56. The summed E-state index contributed by atoms with van der Waals surface area (Å²) in [6, 6.07) is 17.0. The maximum absolute atomic E-state index is 5.56. The second-order valence-electron chi connectivity index (χ2n) is 4.55. The Morgan fingerprint density at radius 3 is 2.28 bits per heavy atom. The molecule has 0 aromatic heterocycles. The molecule has 0 saturated carbocycles. The van der Waals surface area contributed by atoms with Crippen molar-refractivity contribution in [1.82, 2.24) is 0 Å². The predicted molar refractivity (Wildman–Crippen MR) is 78.4 cm³/mol. The topological polar surface area (TPSA) is 29.3 Å². The minimum Gasteiger partial charge on any atom is -0.344 e. The number of nitrogens with zero attached hydrogens (tertiary/aromatic N) is 1. The van der Waals surface area contributed by atoms with Crippen LogP contribution >= 0.6 is 0 Å². The van der Waals surface area contributed by atoms with Gasteiger partial charge in [0.15, 0.2) is 0 Å². The van der Waals surface area contributed by atoms with Crippen molar-refractivity contribution in [3.63, 3.8) is 0 Å². The number of anilines is 2. The van der Waals surface area contributed by atoms with Crippen molar-refractivity contribution in [3.05, 3.63) is 59.7 Å². The van der Waals surface area contributed by atoms with Crippen LogP contribution in [0.15, 0.2) is 48.5 Å². The van der Waals surface area contributed by atoms with Gasteiger partial charge in [0, 0.05) is 18.4 Å². The summed E-state index contributed by atoms with van der Waals surface area (Å²) in [5.74, 6) is 0. The van der Waals surface area contributed by atoms with Crippen LogP contribution < -0.4 is 10.6 Å². The summed E-state index contributed by atoms with van der Waals surface area (Å²) >= 11 is 0. The van der Waals surface area contributed by atoms with Crippen LogP contribution in [-0.4, -0.2) is 13.6 Å². The number of hydrogen-bond acceptors (Lipinski definition) is 2. The second kappa shape index (κ2) is 5.69. The van der Waals surface area contributed by atoms with Crippen LogP contribution in [0.3, 0.4) is 0 Å². The fourth-order valence-corrected chi connectivity index (χ4v) is 2.13. The smallest absolute Gasteiger partial charge is 0.0437 e. The number of para-hydroxylation sites is 1. The monoisotopic (exact) mass is 240 g/mol. The van der Waals surface area contributed by atoms with Crippen molar-refractivity contribution in [2.45, 2.75) is 13.3 Å². The van der Waals surface area contributed by atoms with E-state index in [2.05, 4.69) is 67.4 Å². The van der Waals surface area contributed by atoms with Crippen molar-refractivity contribution in [3.8, 4) is 0 Å². The lowest BCUT2D eigenvalue weighted by atomic mass is 10.1. The fraction of sp³-hybridized carbons (Fsp3) is 0.250. The number of hydrogen-bond donors (Lipinski definition) is 1. The average Bonchev–Trinajstić information content (AvgIpc) is 2.40. The van der Waals surface area contributed by atoms with E-state index in [1.807, 2.05) is 0 Å². The van der Waals surface area contributed by atoms with Gasteiger partial charge in [0.1, 0.15) is 0 Å². The summed E-state index contributed by atoms with van der Waals surface area (Å²) in [4.78, 5) is 2.21. The minimum absolute atomic E-state index is 0.701. The third-order valence-electron chi connectivity index (χ3n) is 3.23. The molecule has 94 valence electrons. The molecule has 0 spiro atoms. The minimum atomic E-state index is 0.701. The highest BCUT2D eigenvalue weighted by Crippen LogP contribution is 2.26. The van der Waals surface area contributed by atoms with Gasteiger partial charge in [-0.1, -0.05) is 30.3 Å². The molecule has 2 aromatic carbocycles. The highest BCUT2D eigenvalue weighted by Gasteiger charge is 2.05. The Morgan fingerprint density at radius 2 is 1.67 bits per heavy atom. The van der Waals surface area contributed by atoms with Crippen molar-refractivity contribution in [2.24, 2.45) is 5.73 Å². The largest absolute Gasteiger partial charge is 0.344 e. The quantitative estimate of drug-likeness (QED) is 0.888. The van der Waals surface area contributed by atoms with E-state index in [0.717, 1.165) is 6.42 Å². The highest BCUT2D eigenvalue weighted by molar-refractivity contribution is 5.65. The molecule has 2 heteroatoms. The second-order valence-corrected chi connectivity index (χ2v) is 4.55. The van der Waals surface area contributed by atoms with Crippen LogP contribution in [0.2, 0.25) is 0 Å². The van der Waals surface area contributed by atoms with E-state index in [4.69, 9.17) is 5.73 Å². The average molecular weight is 240 g/mol. The molecule has 2 rings (SSSR count). The first-order chi connectivity index (χ1) is 8.72. The number of aryl methyl sites for hydroxylation is 1. The fourth-order valence-electron chi connectivity index (χ4n) is 2.13. The molecular formula is C16H20N2. The highest BCUT2D eigenvalue weighted by atomic mass is 15.1. The van der Waals surface area contributed by atoms with Gasteiger partial charge in [0.2, 0.25) is 0 Å². The Hall–Kier alpha value is -1.80. The lowest BCUT2D eigenvalue weighted by molar-refractivity contribution is 0.968. The first kappa shape index (κ1) is 12.7. The van der Waals surface area contributed by atoms with Crippen LogP contribution in [-0.2, 0) is 6.42 Å². The van der Waals surface area contributed by atoms with E-state index >= 15 is 0 Å². The molecular weight excluding hydrogens is 220 g/mol. The third-order valence-corrected chi connectivity index (χ3v) is 3.23. The van der Waals surface area contributed by atoms with Gasteiger partial charge in [-0.15, -0.1) is 0 Å². The zero-order valence-corrected chi connectivity index (χ0v) is 11.1. The van der Waals surface area contributed by atoms with E-state index < -0.39 is 0 Å². The van der Waals surface area contributed by atoms with Gasteiger partial charge in [-0.3, -0.25) is 0 Å². The van der Waals surface area contributed by atoms with Crippen LogP contribution in [0.5, 0.6) is 0 Å². The summed E-state index contributed by atoms with van der Waals surface area (Å²) in [7, 11) is 2.10. The molecule has 0 aliphatic carbocycles. The first-order valence-electron chi connectivity index (χ1n) is 6.30. The van der Waals surface area contributed by atoms with Gasteiger partial charge >= 0.3 is 0 Å². The summed E-state index contributed by atoms with van der Waals surface area (Å²) in [6.07, 6.45) is 0.939. The van der Waals surface area contributed by atoms with E-state index in [9.17, 15) is 0 Å². The van der Waals surface area contributed by atoms with Gasteiger partial charge in [-0.2, -0.15) is 0 Å². The number of nitrogens with two attached hydrogens (primary N) is 1.